The fourth-order valence-electron chi connectivity index (χ4n) is 4.34. The first-order valence-electron chi connectivity index (χ1n) is 8.80. The lowest BCUT2D eigenvalue weighted by molar-refractivity contribution is 0.0696. The molecule has 1 amide bonds. The zero-order chi connectivity index (χ0) is 17.0. The Hall–Kier alpha value is -2.76. The Morgan fingerprint density at radius 1 is 1.20 bits per heavy atom. The molecule has 1 aliphatic heterocycles. The molecule has 126 valence electrons. The Labute approximate surface area is 145 Å². The summed E-state index contributed by atoms with van der Waals surface area (Å²) >= 11 is 0. The van der Waals surface area contributed by atoms with Crippen LogP contribution >= 0.6 is 0 Å². The van der Waals surface area contributed by atoms with Crippen LogP contribution in [0, 0.1) is 12.8 Å². The quantitative estimate of drug-likeness (QED) is 0.723. The van der Waals surface area contributed by atoms with Gasteiger partial charge in [-0.2, -0.15) is 0 Å². The number of amides is 1. The maximum Gasteiger partial charge on any atom is 0.276 e. The lowest BCUT2D eigenvalue weighted by Crippen LogP contribution is -2.38. The van der Waals surface area contributed by atoms with Gasteiger partial charge < -0.3 is 4.90 Å². The molecule has 1 aromatic carbocycles. The van der Waals surface area contributed by atoms with Crippen molar-refractivity contribution in [1.29, 1.82) is 0 Å². The second kappa shape index (κ2) is 5.37. The summed E-state index contributed by atoms with van der Waals surface area (Å²) in [6, 6.07) is 10.2. The number of carbonyl (C=O) groups excluding carboxylic acids is 1. The molecule has 2 aromatic heterocycles. The number of benzene rings is 1. The van der Waals surface area contributed by atoms with E-state index in [9.17, 15) is 4.79 Å². The van der Waals surface area contributed by atoms with E-state index in [2.05, 4.69) is 15.3 Å². The molecule has 25 heavy (non-hydrogen) atoms. The number of pyridine rings is 1. The van der Waals surface area contributed by atoms with Crippen molar-refractivity contribution in [2.75, 3.05) is 6.54 Å². The molecule has 1 saturated carbocycles. The van der Waals surface area contributed by atoms with Crippen molar-refractivity contribution in [2.24, 2.45) is 5.92 Å². The van der Waals surface area contributed by atoms with E-state index in [1.807, 2.05) is 42.2 Å². The van der Waals surface area contributed by atoms with E-state index in [-0.39, 0.29) is 5.91 Å². The summed E-state index contributed by atoms with van der Waals surface area (Å²) in [6.07, 6.45) is 5.30. The molecule has 3 aromatic rings. The van der Waals surface area contributed by atoms with E-state index in [1.165, 1.54) is 6.42 Å². The number of aromatic nitrogens is 4. The van der Waals surface area contributed by atoms with Crippen molar-refractivity contribution in [3.63, 3.8) is 0 Å². The highest BCUT2D eigenvalue weighted by molar-refractivity contribution is 5.94. The molecule has 1 aliphatic carbocycles. The molecule has 3 heterocycles. The van der Waals surface area contributed by atoms with Crippen LogP contribution in [0.5, 0.6) is 0 Å². The van der Waals surface area contributed by atoms with Crippen LogP contribution in [0.4, 0.5) is 0 Å². The molecular formula is C19H19N5O. The predicted molar refractivity (Wildman–Crippen MR) is 93.6 cm³/mol. The maximum absolute atomic E-state index is 13.0. The summed E-state index contributed by atoms with van der Waals surface area (Å²) in [7, 11) is 0. The summed E-state index contributed by atoms with van der Waals surface area (Å²) in [6.45, 7) is 2.78. The lowest BCUT2D eigenvalue weighted by atomic mass is 10.1. The summed E-state index contributed by atoms with van der Waals surface area (Å²) < 4.78 is 1.76. The third-order valence-electron chi connectivity index (χ3n) is 5.62. The first kappa shape index (κ1) is 14.6. The molecule has 0 N–H and O–H groups in total. The highest BCUT2D eigenvalue weighted by Gasteiger charge is 2.41. The van der Waals surface area contributed by atoms with Crippen LogP contribution in [0.1, 0.15) is 35.4 Å². The van der Waals surface area contributed by atoms with Crippen LogP contribution < -0.4 is 0 Å². The van der Waals surface area contributed by atoms with Crippen LogP contribution in [0.15, 0.2) is 36.5 Å². The zero-order valence-corrected chi connectivity index (χ0v) is 14.1. The maximum atomic E-state index is 13.0. The fourth-order valence-corrected chi connectivity index (χ4v) is 4.34. The molecular weight excluding hydrogens is 314 g/mol. The van der Waals surface area contributed by atoms with E-state index in [4.69, 9.17) is 0 Å². The van der Waals surface area contributed by atoms with Gasteiger partial charge in [0.25, 0.3) is 5.91 Å². The first-order valence-corrected chi connectivity index (χ1v) is 8.80. The third kappa shape index (κ3) is 2.17. The van der Waals surface area contributed by atoms with Gasteiger partial charge in [-0.15, -0.1) is 5.10 Å². The Bertz CT molecular complexity index is 974. The second-order valence-electron chi connectivity index (χ2n) is 7.07. The normalized spacial score (nSPS) is 22.0. The van der Waals surface area contributed by atoms with Gasteiger partial charge in [0.1, 0.15) is 0 Å². The smallest absolute Gasteiger partial charge is 0.276 e. The Balaban J connectivity index is 1.55. The average Bonchev–Trinajstić information content (AvgIpc) is 3.36. The van der Waals surface area contributed by atoms with Crippen molar-refractivity contribution in [3.8, 4) is 5.69 Å². The van der Waals surface area contributed by atoms with Crippen molar-refractivity contribution in [1.82, 2.24) is 24.9 Å². The minimum absolute atomic E-state index is 0.0225. The largest absolute Gasteiger partial charge is 0.334 e. The molecule has 2 bridgehead atoms. The molecule has 5 rings (SSSR count). The lowest BCUT2D eigenvalue weighted by Gasteiger charge is -2.26. The minimum atomic E-state index is 0.0225. The Morgan fingerprint density at radius 2 is 2.12 bits per heavy atom. The number of hydrogen-bond acceptors (Lipinski definition) is 4. The highest BCUT2D eigenvalue weighted by Crippen LogP contribution is 2.38. The summed E-state index contributed by atoms with van der Waals surface area (Å²) in [4.78, 5) is 19.4. The van der Waals surface area contributed by atoms with Crippen molar-refractivity contribution in [2.45, 2.75) is 32.2 Å². The van der Waals surface area contributed by atoms with Crippen LogP contribution in [0.3, 0.4) is 0 Å². The monoisotopic (exact) mass is 333 g/mol. The molecule has 0 radical (unpaired) electrons. The van der Waals surface area contributed by atoms with Crippen LogP contribution in [-0.4, -0.2) is 43.4 Å². The Kier molecular flexibility index (Phi) is 3.13. The predicted octanol–water partition coefficient (Wildman–Crippen LogP) is 2.75. The highest BCUT2D eigenvalue weighted by atomic mass is 16.2. The third-order valence-corrected chi connectivity index (χ3v) is 5.62. The summed E-state index contributed by atoms with van der Waals surface area (Å²) in [5, 5.41) is 9.51. The molecule has 6 nitrogen and oxygen atoms in total. The Morgan fingerprint density at radius 3 is 2.92 bits per heavy atom. The second-order valence-corrected chi connectivity index (χ2v) is 7.07. The van der Waals surface area contributed by atoms with Gasteiger partial charge in [-0.25, -0.2) is 4.68 Å². The average molecular weight is 333 g/mol. The van der Waals surface area contributed by atoms with Gasteiger partial charge in [0.15, 0.2) is 5.69 Å². The van der Waals surface area contributed by atoms with E-state index in [0.717, 1.165) is 41.7 Å². The number of likely N-dealkylation sites (tertiary alicyclic amines) is 1. The number of piperidine rings is 1. The zero-order valence-electron chi connectivity index (χ0n) is 14.1. The molecule has 6 heteroatoms. The van der Waals surface area contributed by atoms with Gasteiger partial charge >= 0.3 is 0 Å². The van der Waals surface area contributed by atoms with E-state index >= 15 is 0 Å². The van der Waals surface area contributed by atoms with Gasteiger partial charge in [-0.1, -0.05) is 11.3 Å². The van der Waals surface area contributed by atoms with Gasteiger partial charge in [0, 0.05) is 24.2 Å². The SMILES string of the molecule is Cc1c(C(=O)N2C[C@H]3CC[C@H]2C3)nnn1-c1cccc2ncccc12. The molecule has 2 aliphatic rings. The van der Waals surface area contributed by atoms with Gasteiger partial charge in [-0.05, 0) is 56.4 Å². The van der Waals surface area contributed by atoms with E-state index < -0.39 is 0 Å². The first-order chi connectivity index (χ1) is 12.2. The number of rotatable bonds is 2. The summed E-state index contributed by atoms with van der Waals surface area (Å²) in [5.74, 6) is 0.697. The molecule has 1 saturated heterocycles. The fraction of sp³-hybridized carbons (Fsp3) is 0.368. The van der Waals surface area contributed by atoms with E-state index in [0.29, 0.717) is 17.7 Å². The topological polar surface area (TPSA) is 63.9 Å². The molecule has 2 fully saturated rings. The van der Waals surface area contributed by atoms with Crippen molar-refractivity contribution < 1.29 is 4.79 Å². The number of carbonyl (C=O) groups is 1. The molecule has 0 unspecified atom stereocenters. The number of nitrogens with zero attached hydrogens (tertiary/aromatic N) is 5. The van der Waals surface area contributed by atoms with Gasteiger partial charge in [0.2, 0.25) is 0 Å². The van der Waals surface area contributed by atoms with Crippen molar-refractivity contribution >= 4 is 16.8 Å². The molecule has 2 atom stereocenters. The van der Waals surface area contributed by atoms with E-state index in [1.54, 1.807) is 10.9 Å². The van der Waals surface area contributed by atoms with Crippen LogP contribution in [0.2, 0.25) is 0 Å². The number of hydrogen-bond donors (Lipinski definition) is 0. The van der Waals surface area contributed by atoms with Gasteiger partial charge in [-0.3, -0.25) is 9.78 Å². The van der Waals surface area contributed by atoms with Gasteiger partial charge in [0.05, 0.1) is 16.9 Å². The molecule has 0 spiro atoms. The summed E-state index contributed by atoms with van der Waals surface area (Å²) in [5.41, 5.74) is 3.05. The minimum Gasteiger partial charge on any atom is -0.334 e. The standard InChI is InChI=1S/C19H19N5O/c1-12-18(19(25)23-11-13-7-8-14(23)10-13)21-22-24(12)17-6-2-5-16-15(17)4-3-9-20-16/h2-6,9,13-14H,7-8,10-11H2,1H3/t13-,14-/m0/s1. The van der Waals surface area contributed by atoms with Crippen LogP contribution in [0.25, 0.3) is 16.6 Å². The van der Waals surface area contributed by atoms with Crippen LogP contribution in [-0.2, 0) is 0 Å². The van der Waals surface area contributed by atoms with Crippen molar-refractivity contribution in [3.05, 3.63) is 47.9 Å². The number of fused-ring (bicyclic) bond motifs is 3.